The van der Waals surface area contributed by atoms with E-state index in [1.807, 2.05) is 51.1 Å². The molecule has 1 saturated heterocycles. The molecule has 1 aliphatic carbocycles. The summed E-state index contributed by atoms with van der Waals surface area (Å²) in [6, 6.07) is 16.2. The second-order valence-corrected chi connectivity index (χ2v) is 12.0. The van der Waals surface area contributed by atoms with Crippen LogP contribution < -0.4 is 4.74 Å². The highest BCUT2D eigenvalue weighted by Gasteiger charge is 2.76. The van der Waals surface area contributed by atoms with Crippen molar-refractivity contribution in [2.45, 2.75) is 45.8 Å². The van der Waals surface area contributed by atoms with Gasteiger partial charge < -0.3 is 28.5 Å². The number of benzene rings is 4. The molecule has 0 amide bonds. The minimum absolute atomic E-state index is 0.00775. The highest BCUT2D eigenvalue weighted by molar-refractivity contribution is 6.31. The Balaban J connectivity index is 1.34. The monoisotopic (exact) mass is 550 g/mol. The lowest BCUT2D eigenvalue weighted by Crippen LogP contribution is -2.50. The molecule has 2 atom stereocenters. The highest BCUT2D eigenvalue weighted by atomic mass is 16.6. The second kappa shape index (κ2) is 7.59. The van der Waals surface area contributed by atoms with Gasteiger partial charge in [-0.15, -0.1) is 0 Å². The van der Waals surface area contributed by atoms with Crippen molar-refractivity contribution in [1.82, 2.24) is 0 Å². The zero-order valence-corrected chi connectivity index (χ0v) is 22.7. The normalized spacial score (nSPS) is 23.4. The zero-order valence-electron chi connectivity index (χ0n) is 22.7. The highest BCUT2D eigenvalue weighted by Crippen LogP contribution is 2.65. The molecule has 1 aliphatic heterocycles. The lowest BCUT2D eigenvalue weighted by atomic mass is 9.66. The van der Waals surface area contributed by atoms with E-state index in [-0.39, 0.29) is 18.3 Å². The molecule has 8 rings (SSSR count). The Morgan fingerprint density at radius 1 is 0.878 bits per heavy atom. The third kappa shape index (κ3) is 2.78. The molecular formula is C33H26O8. The van der Waals surface area contributed by atoms with Crippen molar-refractivity contribution in [1.29, 1.82) is 0 Å². The van der Waals surface area contributed by atoms with Gasteiger partial charge in [0.2, 0.25) is 5.60 Å². The molecule has 1 saturated carbocycles. The van der Waals surface area contributed by atoms with Crippen molar-refractivity contribution in [3.05, 3.63) is 60.2 Å². The van der Waals surface area contributed by atoms with Gasteiger partial charge in [0, 0.05) is 27.1 Å². The number of hydrogen-bond acceptors (Lipinski definition) is 8. The van der Waals surface area contributed by atoms with Crippen LogP contribution in [0.15, 0.2) is 63.4 Å². The summed E-state index contributed by atoms with van der Waals surface area (Å²) in [5.74, 6) is -0.319. The summed E-state index contributed by atoms with van der Waals surface area (Å²) < 4.78 is 23.9. The molecule has 1 unspecified atom stereocenters. The number of fused-ring (bicyclic) bond motifs is 11. The standard InChI is InChI=1S/C33H26O8/c1-31(2)32(3)12-13-33(31,41-29(32)36)30(37)38-18-8-4-16-6-10-22-25(19(16)14-18)27-26-23(40-28(27)39-22)11-7-17-5-9-21(35)20(15-34)24(17)26/h4-11,14,34-35H,12-13,15H2,1-3H3/t32?,33-/m1/s1. The van der Waals surface area contributed by atoms with Crippen LogP contribution >= 0.6 is 0 Å². The van der Waals surface area contributed by atoms with E-state index in [4.69, 9.17) is 18.3 Å². The number of carbonyl (C=O) groups excluding carboxylic acids is 2. The van der Waals surface area contributed by atoms with Crippen molar-refractivity contribution < 1.29 is 38.1 Å². The molecule has 2 N–H and O–H groups in total. The van der Waals surface area contributed by atoms with Gasteiger partial charge in [0.05, 0.1) is 17.4 Å². The number of ether oxygens (including phenoxy) is 2. The number of aromatic hydroxyl groups is 1. The first-order valence-electron chi connectivity index (χ1n) is 13.6. The van der Waals surface area contributed by atoms with Crippen molar-refractivity contribution in [3.63, 3.8) is 0 Å². The summed E-state index contributed by atoms with van der Waals surface area (Å²) in [6.07, 6.45) is 0.974. The Hall–Kier alpha value is -4.56. The Bertz CT molecular complexity index is 2150. The van der Waals surface area contributed by atoms with Gasteiger partial charge in [-0.2, -0.15) is 0 Å². The molecule has 0 radical (unpaired) electrons. The van der Waals surface area contributed by atoms with E-state index >= 15 is 0 Å². The van der Waals surface area contributed by atoms with Crippen LogP contribution in [-0.2, 0) is 20.9 Å². The third-order valence-corrected chi connectivity index (χ3v) is 10.1. The summed E-state index contributed by atoms with van der Waals surface area (Å²) in [7, 11) is 0. The number of phenols is 1. The maximum atomic E-state index is 13.7. The van der Waals surface area contributed by atoms with Crippen LogP contribution in [0, 0.1) is 10.8 Å². The van der Waals surface area contributed by atoms with Gasteiger partial charge in [0.15, 0.2) is 0 Å². The lowest BCUT2D eigenvalue weighted by molar-refractivity contribution is -0.176. The van der Waals surface area contributed by atoms with E-state index in [1.54, 1.807) is 24.3 Å². The van der Waals surface area contributed by atoms with E-state index in [9.17, 15) is 19.8 Å². The summed E-state index contributed by atoms with van der Waals surface area (Å²) in [5.41, 5.74) is -1.27. The first-order chi connectivity index (χ1) is 19.6. The maximum absolute atomic E-state index is 13.7. The van der Waals surface area contributed by atoms with E-state index in [1.165, 1.54) is 0 Å². The maximum Gasteiger partial charge on any atom is 0.356 e. The van der Waals surface area contributed by atoms with Gasteiger partial charge >= 0.3 is 11.9 Å². The van der Waals surface area contributed by atoms with Gasteiger partial charge in [-0.05, 0) is 66.3 Å². The molecular weight excluding hydrogens is 524 g/mol. The topological polar surface area (TPSA) is 119 Å². The van der Waals surface area contributed by atoms with Gasteiger partial charge in [0.1, 0.15) is 22.7 Å². The average Bonchev–Trinajstić information content (AvgIpc) is 3.59. The number of furan rings is 2. The first-order valence-corrected chi connectivity index (χ1v) is 13.6. The predicted molar refractivity (Wildman–Crippen MR) is 152 cm³/mol. The molecule has 2 aromatic heterocycles. The molecule has 0 spiro atoms. The molecule has 2 fully saturated rings. The molecule has 2 bridgehead atoms. The molecule has 3 heterocycles. The number of hydrogen-bond donors (Lipinski definition) is 2. The number of rotatable bonds is 3. The van der Waals surface area contributed by atoms with Gasteiger partial charge in [-0.3, -0.25) is 4.79 Å². The van der Waals surface area contributed by atoms with E-state index in [2.05, 4.69) is 0 Å². The Morgan fingerprint density at radius 2 is 1.56 bits per heavy atom. The number of aliphatic hydroxyl groups is 1. The molecule has 4 aromatic carbocycles. The Kier molecular flexibility index (Phi) is 4.49. The third-order valence-electron chi connectivity index (χ3n) is 10.1. The minimum atomic E-state index is -1.34. The fourth-order valence-electron chi connectivity index (χ4n) is 7.18. The quantitative estimate of drug-likeness (QED) is 0.181. The molecule has 2 aliphatic rings. The lowest BCUT2D eigenvalue weighted by Gasteiger charge is -2.34. The first kappa shape index (κ1) is 24.3. The van der Waals surface area contributed by atoms with E-state index < -0.39 is 22.4 Å². The van der Waals surface area contributed by atoms with Crippen LogP contribution in [0.5, 0.6) is 11.5 Å². The van der Waals surface area contributed by atoms with Crippen LogP contribution in [0.3, 0.4) is 0 Å². The Labute approximate surface area is 233 Å². The van der Waals surface area contributed by atoms with Crippen molar-refractivity contribution >= 4 is 66.6 Å². The zero-order chi connectivity index (χ0) is 28.5. The van der Waals surface area contributed by atoms with Crippen LogP contribution in [0.4, 0.5) is 0 Å². The minimum Gasteiger partial charge on any atom is -0.508 e. The van der Waals surface area contributed by atoms with Gasteiger partial charge in [-0.1, -0.05) is 38.1 Å². The number of aliphatic hydroxyl groups excluding tert-OH is 1. The Morgan fingerprint density at radius 3 is 2.24 bits per heavy atom. The van der Waals surface area contributed by atoms with Crippen LogP contribution in [-0.4, -0.2) is 27.8 Å². The average molecular weight is 551 g/mol. The summed E-state index contributed by atoms with van der Waals surface area (Å²) in [4.78, 5) is 26.4. The van der Waals surface area contributed by atoms with Crippen molar-refractivity contribution in [3.8, 4) is 11.5 Å². The molecule has 8 nitrogen and oxygen atoms in total. The van der Waals surface area contributed by atoms with E-state index in [0.29, 0.717) is 51.9 Å². The van der Waals surface area contributed by atoms with E-state index in [0.717, 1.165) is 26.9 Å². The molecule has 41 heavy (non-hydrogen) atoms. The molecule has 206 valence electrons. The fraction of sp³-hybridized carbons (Fsp3) is 0.273. The smallest absolute Gasteiger partial charge is 0.356 e. The van der Waals surface area contributed by atoms with Crippen LogP contribution in [0.1, 0.15) is 39.2 Å². The second-order valence-electron chi connectivity index (χ2n) is 12.0. The fourth-order valence-corrected chi connectivity index (χ4v) is 7.18. The van der Waals surface area contributed by atoms with Crippen molar-refractivity contribution in [2.75, 3.05) is 0 Å². The number of carbonyl (C=O) groups is 2. The SMILES string of the molecule is CC12CC[C@](C(=O)Oc3ccc4ccc5oc6oc7ccc8ccc(O)c(CO)c8c7c6c5c4c3)(OC1=O)C2(C)C. The van der Waals surface area contributed by atoms with Gasteiger partial charge in [0.25, 0.3) is 5.78 Å². The molecule has 6 aromatic rings. The molecule has 8 heteroatoms. The van der Waals surface area contributed by atoms with Gasteiger partial charge in [-0.25, -0.2) is 4.79 Å². The summed E-state index contributed by atoms with van der Waals surface area (Å²) in [5, 5.41) is 26.0. The predicted octanol–water partition coefficient (Wildman–Crippen LogP) is 6.86. The number of esters is 2. The largest absolute Gasteiger partial charge is 0.508 e. The van der Waals surface area contributed by atoms with Crippen LogP contribution in [0.25, 0.3) is 54.6 Å². The van der Waals surface area contributed by atoms with Crippen molar-refractivity contribution in [2.24, 2.45) is 10.8 Å². The summed E-state index contributed by atoms with van der Waals surface area (Å²) in [6.45, 7) is 5.29. The van der Waals surface area contributed by atoms with Crippen LogP contribution in [0.2, 0.25) is 0 Å². The summed E-state index contributed by atoms with van der Waals surface area (Å²) >= 11 is 0.